The second-order valence-corrected chi connectivity index (χ2v) is 6.77. The molecule has 1 heterocycles. The van der Waals surface area contributed by atoms with E-state index in [0.29, 0.717) is 0 Å². The molecule has 1 aromatic rings. The van der Waals surface area contributed by atoms with Crippen molar-refractivity contribution in [3.63, 3.8) is 0 Å². The lowest BCUT2D eigenvalue weighted by atomic mass is 9.86. The van der Waals surface area contributed by atoms with E-state index in [1.165, 1.54) is 12.0 Å². The third-order valence-corrected chi connectivity index (χ3v) is 4.12. The number of benzene rings is 1. The molecule has 1 atom stereocenters. The highest BCUT2D eigenvalue weighted by Crippen LogP contribution is 2.27. The van der Waals surface area contributed by atoms with Crippen LogP contribution in [0.4, 0.5) is 0 Å². The van der Waals surface area contributed by atoms with Gasteiger partial charge in [-0.15, -0.1) is 0 Å². The third kappa shape index (κ3) is 3.40. The number of primary amides is 1. The third-order valence-electron chi connectivity index (χ3n) is 4.12. The number of nitrogens with two attached hydrogens (primary N) is 1. The van der Waals surface area contributed by atoms with Gasteiger partial charge in [0.1, 0.15) is 6.04 Å². The summed E-state index contributed by atoms with van der Waals surface area (Å²) < 4.78 is 0. The Morgan fingerprint density at radius 3 is 2.10 bits per heavy atom. The largest absolute Gasteiger partial charge is 0.368 e. The summed E-state index contributed by atoms with van der Waals surface area (Å²) >= 11 is 0. The first-order chi connectivity index (χ1) is 9.39. The first-order valence-corrected chi connectivity index (χ1v) is 7.53. The summed E-state index contributed by atoms with van der Waals surface area (Å²) in [5.41, 5.74) is 8.08. The van der Waals surface area contributed by atoms with Crippen molar-refractivity contribution in [2.24, 2.45) is 5.73 Å². The molecule has 1 aromatic carbocycles. The van der Waals surface area contributed by atoms with E-state index in [2.05, 4.69) is 49.9 Å². The highest BCUT2D eigenvalue weighted by atomic mass is 16.1. The number of amides is 1. The molecule has 0 saturated carbocycles. The van der Waals surface area contributed by atoms with Crippen LogP contribution in [-0.2, 0) is 10.2 Å². The van der Waals surface area contributed by atoms with Crippen molar-refractivity contribution in [3.05, 3.63) is 35.4 Å². The summed E-state index contributed by atoms with van der Waals surface area (Å²) in [4.78, 5) is 14.1. The fraction of sp³-hybridized carbons (Fsp3) is 0.588. The van der Waals surface area contributed by atoms with Gasteiger partial charge in [0.25, 0.3) is 0 Å². The molecule has 110 valence electrons. The average Bonchev–Trinajstić information content (AvgIpc) is 2.39. The molecule has 2 rings (SSSR count). The van der Waals surface area contributed by atoms with Gasteiger partial charge in [-0.05, 0) is 42.5 Å². The Morgan fingerprint density at radius 2 is 1.65 bits per heavy atom. The molecule has 1 aliphatic heterocycles. The zero-order valence-electron chi connectivity index (χ0n) is 12.9. The van der Waals surface area contributed by atoms with Gasteiger partial charge in [0.15, 0.2) is 0 Å². The predicted octanol–water partition coefficient (Wildman–Crippen LogP) is 3.00. The molecule has 1 unspecified atom stereocenters. The molecule has 2 N–H and O–H groups in total. The lowest BCUT2D eigenvalue weighted by molar-refractivity contribution is -0.123. The Bertz CT molecular complexity index is 453. The van der Waals surface area contributed by atoms with Gasteiger partial charge in [-0.2, -0.15) is 0 Å². The van der Waals surface area contributed by atoms with Crippen LogP contribution in [0, 0.1) is 0 Å². The normalized spacial score (nSPS) is 18.8. The SMILES string of the molecule is CC(C)(C)c1ccc(C(C(N)=O)N2CCCCC2)cc1. The van der Waals surface area contributed by atoms with Crippen LogP contribution in [0.2, 0.25) is 0 Å². The number of hydrogen-bond donors (Lipinski definition) is 1. The van der Waals surface area contributed by atoms with Crippen molar-refractivity contribution < 1.29 is 4.79 Å². The average molecular weight is 274 g/mol. The predicted molar refractivity (Wildman–Crippen MR) is 82.5 cm³/mol. The zero-order chi connectivity index (χ0) is 14.8. The van der Waals surface area contributed by atoms with Crippen LogP contribution < -0.4 is 5.73 Å². The van der Waals surface area contributed by atoms with Gasteiger partial charge in [-0.1, -0.05) is 51.5 Å². The van der Waals surface area contributed by atoms with Gasteiger partial charge in [-0.3, -0.25) is 9.69 Å². The maximum atomic E-state index is 11.9. The molecule has 0 aromatic heterocycles. The smallest absolute Gasteiger partial charge is 0.239 e. The number of likely N-dealkylation sites (tertiary alicyclic amines) is 1. The molecular weight excluding hydrogens is 248 g/mol. The molecule has 0 bridgehead atoms. The van der Waals surface area contributed by atoms with Crippen molar-refractivity contribution in [2.45, 2.75) is 51.5 Å². The van der Waals surface area contributed by atoms with E-state index < -0.39 is 0 Å². The number of piperidine rings is 1. The summed E-state index contributed by atoms with van der Waals surface area (Å²) in [5, 5.41) is 0. The Labute approximate surface area is 122 Å². The Hall–Kier alpha value is -1.35. The van der Waals surface area contributed by atoms with E-state index in [-0.39, 0.29) is 17.4 Å². The topological polar surface area (TPSA) is 46.3 Å². The van der Waals surface area contributed by atoms with E-state index in [0.717, 1.165) is 31.5 Å². The van der Waals surface area contributed by atoms with Crippen molar-refractivity contribution in [1.29, 1.82) is 0 Å². The van der Waals surface area contributed by atoms with Gasteiger partial charge in [0.05, 0.1) is 0 Å². The van der Waals surface area contributed by atoms with Gasteiger partial charge in [-0.25, -0.2) is 0 Å². The van der Waals surface area contributed by atoms with Crippen LogP contribution >= 0.6 is 0 Å². The number of carbonyl (C=O) groups is 1. The fourth-order valence-corrected chi connectivity index (χ4v) is 2.90. The molecule has 0 aliphatic carbocycles. The Kier molecular flexibility index (Phi) is 4.48. The van der Waals surface area contributed by atoms with Crippen LogP contribution in [0.1, 0.15) is 57.2 Å². The minimum absolute atomic E-state index is 0.131. The summed E-state index contributed by atoms with van der Waals surface area (Å²) in [6.07, 6.45) is 3.57. The van der Waals surface area contributed by atoms with Crippen molar-refractivity contribution in [3.8, 4) is 0 Å². The Balaban J connectivity index is 2.23. The quantitative estimate of drug-likeness (QED) is 0.921. The molecule has 1 amide bonds. The highest BCUT2D eigenvalue weighted by molar-refractivity contribution is 5.81. The lowest BCUT2D eigenvalue weighted by Crippen LogP contribution is -2.40. The Morgan fingerprint density at radius 1 is 1.10 bits per heavy atom. The summed E-state index contributed by atoms with van der Waals surface area (Å²) in [7, 11) is 0. The minimum atomic E-state index is -0.274. The lowest BCUT2D eigenvalue weighted by Gasteiger charge is -2.33. The standard InChI is InChI=1S/C17H26N2O/c1-17(2,3)14-9-7-13(8-10-14)15(16(18)20)19-11-5-4-6-12-19/h7-10,15H,4-6,11-12H2,1-3H3,(H2,18,20). The van der Waals surface area contributed by atoms with Crippen LogP contribution in [0.25, 0.3) is 0 Å². The molecule has 3 heteroatoms. The van der Waals surface area contributed by atoms with Gasteiger partial charge >= 0.3 is 0 Å². The molecule has 3 nitrogen and oxygen atoms in total. The van der Waals surface area contributed by atoms with E-state index in [9.17, 15) is 4.79 Å². The highest BCUT2D eigenvalue weighted by Gasteiger charge is 2.27. The zero-order valence-corrected chi connectivity index (χ0v) is 12.9. The van der Waals surface area contributed by atoms with Crippen molar-refractivity contribution in [1.82, 2.24) is 4.90 Å². The summed E-state index contributed by atoms with van der Waals surface area (Å²) in [6, 6.07) is 8.09. The van der Waals surface area contributed by atoms with Crippen molar-refractivity contribution >= 4 is 5.91 Å². The van der Waals surface area contributed by atoms with Crippen LogP contribution in [0.5, 0.6) is 0 Å². The molecule has 1 saturated heterocycles. The molecule has 0 spiro atoms. The van der Waals surface area contributed by atoms with Gasteiger partial charge in [0.2, 0.25) is 5.91 Å². The van der Waals surface area contributed by atoms with Crippen molar-refractivity contribution in [2.75, 3.05) is 13.1 Å². The molecule has 20 heavy (non-hydrogen) atoms. The number of nitrogens with zero attached hydrogens (tertiary/aromatic N) is 1. The second kappa shape index (κ2) is 5.96. The number of rotatable bonds is 3. The van der Waals surface area contributed by atoms with Crippen LogP contribution in [0.15, 0.2) is 24.3 Å². The summed E-state index contributed by atoms with van der Waals surface area (Å²) in [5.74, 6) is -0.240. The first-order valence-electron chi connectivity index (χ1n) is 7.53. The number of hydrogen-bond acceptors (Lipinski definition) is 2. The van der Waals surface area contributed by atoms with E-state index in [1.807, 2.05) is 0 Å². The molecule has 1 fully saturated rings. The van der Waals surface area contributed by atoms with Gasteiger partial charge in [0, 0.05) is 0 Å². The van der Waals surface area contributed by atoms with Crippen LogP contribution in [0.3, 0.4) is 0 Å². The van der Waals surface area contributed by atoms with Crippen LogP contribution in [-0.4, -0.2) is 23.9 Å². The van der Waals surface area contributed by atoms with E-state index >= 15 is 0 Å². The minimum Gasteiger partial charge on any atom is -0.368 e. The molecule has 0 radical (unpaired) electrons. The van der Waals surface area contributed by atoms with Gasteiger partial charge < -0.3 is 5.73 Å². The van der Waals surface area contributed by atoms with E-state index in [1.54, 1.807) is 0 Å². The molecular formula is C17H26N2O. The first kappa shape index (κ1) is 15.0. The maximum absolute atomic E-state index is 11.9. The summed E-state index contributed by atoms with van der Waals surface area (Å²) in [6.45, 7) is 8.51. The maximum Gasteiger partial charge on any atom is 0.239 e. The van der Waals surface area contributed by atoms with E-state index in [4.69, 9.17) is 5.73 Å². The monoisotopic (exact) mass is 274 g/mol. The molecule has 1 aliphatic rings. The number of carbonyl (C=O) groups excluding carboxylic acids is 1. The second-order valence-electron chi connectivity index (χ2n) is 6.77. The fourth-order valence-electron chi connectivity index (χ4n) is 2.90.